The fourth-order valence-corrected chi connectivity index (χ4v) is 3.43. The van der Waals surface area contributed by atoms with Gasteiger partial charge in [-0.1, -0.05) is 59.9 Å². The summed E-state index contributed by atoms with van der Waals surface area (Å²) in [6.07, 6.45) is -8.79. The average molecular weight is 534 g/mol. The number of hydrogen-bond acceptors (Lipinski definition) is 2. The van der Waals surface area contributed by atoms with E-state index >= 15 is 0 Å². The van der Waals surface area contributed by atoms with Crippen LogP contribution in [0.3, 0.4) is 0 Å². The topological polar surface area (TPSA) is 55.1 Å². The Kier molecular flexibility index (Phi) is 8.73. The van der Waals surface area contributed by atoms with Crippen molar-refractivity contribution in [2.45, 2.75) is 37.8 Å². The number of nitrogens with two attached hydrogens (primary N) is 1. The third-order valence-corrected chi connectivity index (χ3v) is 5.75. The molecule has 0 aliphatic heterocycles. The van der Waals surface area contributed by atoms with Gasteiger partial charge < -0.3 is 11.1 Å². The van der Waals surface area contributed by atoms with Gasteiger partial charge in [-0.25, -0.2) is 0 Å². The molecule has 0 radical (unpaired) electrons. The summed E-state index contributed by atoms with van der Waals surface area (Å²) in [4.78, 5) is 12.2. The third-order valence-electron chi connectivity index (χ3n) is 4.55. The van der Waals surface area contributed by atoms with Gasteiger partial charge in [0.2, 0.25) is 0 Å². The number of nitrogens with one attached hydrogen (secondary N) is 1. The smallest absolute Gasteiger partial charge is 0.337 e. The molecule has 0 bridgehead atoms. The molecule has 3 nitrogen and oxygen atoms in total. The minimum absolute atomic E-state index is 0.126. The minimum Gasteiger partial charge on any atom is -0.337 e. The van der Waals surface area contributed by atoms with E-state index < -0.39 is 41.5 Å². The van der Waals surface area contributed by atoms with E-state index in [9.17, 15) is 31.1 Å². The Labute approximate surface area is 200 Å². The van der Waals surface area contributed by atoms with E-state index in [1.54, 1.807) is 6.92 Å². The summed E-state index contributed by atoms with van der Waals surface area (Å²) in [5.74, 6) is -3.28. The molecule has 0 aliphatic rings. The first-order valence-electron chi connectivity index (χ1n) is 9.32. The predicted octanol–water partition coefficient (Wildman–Crippen LogP) is 7.45. The van der Waals surface area contributed by atoms with Crippen LogP contribution in [0, 0.1) is 0 Å². The summed E-state index contributed by atoms with van der Waals surface area (Å²) < 4.78 is 81.5. The highest BCUT2D eigenvalue weighted by atomic mass is 35.5. The quantitative estimate of drug-likeness (QED) is 0.230. The van der Waals surface area contributed by atoms with Crippen LogP contribution in [0.5, 0.6) is 0 Å². The van der Waals surface area contributed by atoms with Crippen LogP contribution in [-0.2, 0) is 6.18 Å². The number of carbonyl (C=O) groups excluding carboxylic acids is 1. The molecule has 0 saturated heterocycles. The molecular formula is C21H17Cl3F6N2O. The number of hydrogen-bond donors (Lipinski definition) is 2. The van der Waals surface area contributed by atoms with Crippen LogP contribution in [0.1, 0.15) is 46.3 Å². The van der Waals surface area contributed by atoms with Gasteiger partial charge in [0.25, 0.3) is 5.91 Å². The number of allylic oxidation sites excluding steroid dienone is 1. The first kappa shape index (κ1) is 27.3. The van der Waals surface area contributed by atoms with Crippen molar-refractivity contribution in [1.82, 2.24) is 5.32 Å². The van der Waals surface area contributed by atoms with Gasteiger partial charge in [0.15, 0.2) is 0 Å². The molecule has 0 aromatic heterocycles. The average Bonchev–Trinajstić information content (AvgIpc) is 2.70. The lowest BCUT2D eigenvalue weighted by molar-refractivity contribution is -0.139. The van der Waals surface area contributed by atoms with Crippen molar-refractivity contribution in [2.24, 2.45) is 5.73 Å². The summed E-state index contributed by atoms with van der Waals surface area (Å²) in [5.41, 5.74) is 2.98. The molecule has 0 fully saturated rings. The van der Waals surface area contributed by atoms with Crippen LogP contribution in [0.15, 0.2) is 36.4 Å². The van der Waals surface area contributed by atoms with E-state index in [0.29, 0.717) is 12.1 Å². The van der Waals surface area contributed by atoms with Crippen molar-refractivity contribution in [3.05, 3.63) is 73.7 Å². The molecule has 2 aromatic rings. The van der Waals surface area contributed by atoms with Gasteiger partial charge in [0.1, 0.15) is 0 Å². The van der Waals surface area contributed by atoms with Gasteiger partial charge in [0, 0.05) is 0 Å². The summed E-state index contributed by atoms with van der Waals surface area (Å²) in [7, 11) is 0. The lowest BCUT2D eigenvalue weighted by Gasteiger charge is -2.19. The molecule has 12 heteroatoms. The molecule has 2 atom stereocenters. The lowest BCUT2D eigenvalue weighted by Crippen LogP contribution is -2.41. The van der Waals surface area contributed by atoms with Crippen LogP contribution in [-0.4, -0.2) is 18.2 Å². The molecular weight excluding hydrogens is 517 g/mol. The van der Waals surface area contributed by atoms with E-state index in [-0.39, 0.29) is 32.6 Å². The zero-order valence-corrected chi connectivity index (χ0v) is 19.1. The van der Waals surface area contributed by atoms with E-state index in [1.807, 2.05) is 0 Å². The maximum atomic E-state index is 13.7. The van der Waals surface area contributed by atoms with Crippen molar-refractivity contribution >= 4 is 46.8 Å². The molecule has 3 N–H and O–H groups in total. The molecule has 0 aliphatic carbocycles. The molecule has 1 unspecified atom stereocenters. The highest BCUT2D eigenvalue weighted by Gasteiger charge is 2.40. The second kappa shape index (κ2) is 10.5. The van der Waals surface area contributed by atoms with Crippen LogP contribution in [0.25, 0.3) is 6.08 Å². The molecule has 0 heterocycles. The molecule has 1 amide bonds. The maximum Gasteiger partial charge on any atom is 0.417 e. The second-order valence-electron chi connectivity index (χ2n) is 6.97. The summed E-state index contributed by atoms with van der Waals surface area (Å²) in [6, 6.07) is 4.50. The fourth-order valence-electron chi connectivity index (χ4n) is 2.82. The zero-order valence-electron chi connectivity index (χ0n) is 16.8. The van der Waals surface area contributed by atoms with Crippen LogP contribution < -0.4 is 11.1 Å². The first-order valence-corrected chi connectivity index (χ1v) is 10.5. The molecule has 0 saturated carbocycles. The number of alkyl halides is 6. The van der Waals surface area contributed by atoms with Crippen molar-refractivity contribution < 1.29 is 31.1 Å². The molecule has 2 aromatic carbocycles. The SMILES string of the molecule is CC[C@H](N)NC(=O)c1ccc(/C=C/C(c2cc(Cl)c(Cl)c(Cl)c2)C(F)(F)F)cc1C(F)(F)F. The summed E-state index contributed by atoms with van der Waals surface area (Å²) in [5, 5.41) is 1.68. The largest absolute Gasteiger partial charge is 0.417 e. The molecule has 180 valence electrons. The predicted molar refractivity (Wildman–Crippen MR) is 116 cm³/mol. The van der Waals surface area contributed by atoms with Crippen LogP contribution >= 0.6 is 34.8 Å². The van der Waals surface area contributed by atoms with Gasteiger partial charge >= 0.3 is 12.4 Å². The Bertz CT molecular complexity index is 1030. The van der Waals surface area contributed by atoms with Gasteiger partial charge in [-0.3, -0.25) is 4.79 Å². The van der Waals surface area contributed by atoms with E-state index in [1.165, 1.54) is 0 Å². The number of benzene rings is 2. The maximum absolute atomic E-state index is 13.7. The molecule has 33 heavy (non-hydrogen) atoms. The van der Waals surface area contributed by atoms with Crippen molar-refractivity contribution in [2.75, 3.05) is 0 Å². The van der Waals surface area contributed by atoms with Crippen molar-refractivity contribution in [3.63, 3.8) is 0 Å². The van der Waals surface area contributed by atoms with E-state index in [4.69, 9.17) is 40.5 Å². The standard InChI is InChI=1S/C21H17Cl3F6N2O/c1-2-17(31)32-19(33)12-5-3-10(7-14(12)21(28,29)30)4-6-13(20(25,26)27)11-8-15(22)18(24)16(23)9-11/h3-9,13,17H,2,31H2,1H3,(H,32,33)/b6-4+/t13?,17-/m1/s1. The normalized spacial score (nSPS) is 14.4. The lowest BCUT2D eigenvalue weighted by atomic mass is 9.96. The van der Waals surface area contributed by atoms with Crippen LogP contribution in [0.2, 0.25) is 15.1 Å². The van der Waals surface area contributed by atoms with E-state index in [2.05, 4.69) is 5.32 Å². The Morgan fingerprint density at radius 2 is 1.64 bits per heavy atom. The number of carbonyl (C=O) groups is 1. The van der Waals surface area contributed by atoms with Crippen LogP contribution in [0.4, 0.5) is 26.3 Å². The zero-order chi connectivity index (χ0) is 25.1. The molecule has 2 rings (SSSR count). The first-order chi connectivity index (χ1) is 15.1. The molecule has 0 spiro atoms. The summed E-state index contributed by atoms with van der Waals surface area (Å²) >= 11 is 17.4. The Morgan fingerprint density at radius 1 is 1.06 bits per heavy atom. The summed E-state index contributed by atoms with van der Waals surface area (Å²) in [6.45, 7) is 1.63. The number of amides is 1. The second-order valence-corrected chi connectivity index (χ2v) is 8.16. The highest BCUT2D eigenvalue weighted by molar-refractivity contribution is 6.48. The monoisotopic (exact) mass is 532 g/mol. The van der Waals surface area contributed by atoms with Gasteiger partial charge in [-0.2, -0.15) is 26.3 Å². The highest BCUT2D eigenvalue weighted by Crippen LogP contribution is 2.41. The van der Waals surface area contributed by atoms with Gasteiger partial charge in [-0.05, 0) is 41.8 Å². The number of rotatable bonds is 6. The Morgan fingerprint density at radius 3 is 2.12 bits per heavy atom. The van der Waals surface area contributed by atoms with Crippen molar-refractivity contribution in [3.8, 4) is 0 Å². The van der Waals surface area contributed by atoms with Crippen molar-refractivity contribution in [1.29, 1.82) is 0 Å². The Balaban J connectivity index is 2.49. The fraction of sp³-hybridized carbons (Fsp3) is 0.286. The van der Waals surface area contributed by atoms with E-state index in [0.717, 1.165) is 30.3 Å². The minimum atomic E-state index is -4.94. The third kappa shape index (κ3) is 7.02. The Hall–Kier alpha value is -1.94. The van der Waals surface area contributed by atoms with Gasteiger partial charge in [0.05, 0.1) is 38.3 Å². The number of halogens is 9. The van der Waals surface area contributed by atoms with Gasteiger partial charge in [-0.15, -0.1) is 0 Å².